The van der Waals surface area contributed by atoms with Crippen LogP contribution in [0.5, 0.6) is 11.5 Å². The molecule has 0 spiro atoms. The lowest BCUT2D eigenvalue weighted by Crippen LogP contribution is -2.05. The van der Waals surface area contributed by atoms with Crippen molar-refractivity contribution in [2.24, 2.45) is 5.73 Å². The lowest BCUT2D eigenvalue weighted by Gasteiger charge is -2.12. The molecule has 3 nitrogen and oxygen atoms in total. The second-order valence-corrected chi connectivity index (χ2v) is 6.32. The van der Waals surface area contributed by atoms with Crippen molar-refractivity contribution in [3.8, 4) is 11.5 Å². The third-order valence-corrected chi connectivity index (χ3v) is 4.16. The first-order valence-electron chi connectivity index (χ1n) is 6.57. The van der Waals surface area contributed by atoms with Crippen LogP contribution in [0.25, 0.3) is 0 Å². The molecule has 2 N–H and O–H groups in total. The van der Waals surface area contributed by atoms with Gasteiger partial charge < -0.3 is 15.2 Å². The lowest BCUT2D eigenvalue weighted by atomic mass is 10.1. The monoisotopic (exact) mass is 413 g/mol. The summed E-state index contributed by atoms with van der Waals surface area (Å²) >= 11 is 6.95. The topological polar surface area (TPSA) is 44.5 Å². The second-order valence-electron chi connectivity index (χ2n) is 4.55. The first-order valence-corrected chi connectivity index (χ1v) is 8.16. The molecular formula is C16H17Br2NO2. The maximum atomic E-state index is 5.92. The zero-order valence-electron chi connectivity index (χ0n) is 11.7. The van der Waals surface area contributed by atoms with Crippen LogP contribution in [0.1, 0.15) is 11.1 Å². The molecule has 0 atom stereocenters. The van der Waals surface area contributed by atoms with Crippen LogP contribution in [0.15, 0.2) is 45.3 Å². The first-order chi connectivity index (χ1) is 10.1. The maximum Gasteiger partial charge on any atom is 0.133 e. The highest BCUT2D eigenvalue weighted by Crippen LogP contribution is 2.27. The lowest BCUT2D eigenvalue weighted by molar-refractivity contribution is 0.302. The highest BCUT2D eigenvalue weighted by atomic mass is 79.9. The van der Waals surface area contributed by atoms with Gasteiger partial charge in [0, 0.05) is 4.47 Å². The van der Waals surface area contributed by atoms with Crippen LogP contribution in [-0.4, -0.2) is 13.7 Å². The van der Waals surface area contributed by atoms with Gasteiger partial charge in [-0.1, -0.05) is 22.0 Å². The number of hydrogen-bond donors (Lipinski definition) is 1. The van der Waals surface area contributed by atoms with Gasteiger partial charge in [0.25, 0.3) is 0 Å². The van der Waals surface area contributed by atoms with Crippen LogP contribution in [0, 0.1) is 0 Å². The van der Waals surface area contributed by atoms with Gasteiger partial charge >= 0.3 is 0 Å². The van der Waals surface area contributed by atoms with Gasteiger partial charge in [-0.05, 0) is 70.4 Å². The van der Waals surface area contributed by atoms with Crippen molar-refractivity contribution < 1.29 is 9.47 Å². The molecule has 21 heavy (non-hydrogen) atoms. The molecule has 0 aliphatic carbocycles. The van der Waals surface area contributed by atoms with E-state index in [1.165, 1.54) is 0 Å². The van der Waals surface area contributed by atoms with E-state index in [4.69, 9.17) is 15.2 Å². The number of benzene rings is 2. The standard InChI is InChI=1S/C16H17Br2NO2/c1-20-16-4-2-11(8-14(16)18)10-21-15-5-3-13(17)9-12(15)6-7-19/h2-5,8-9H,6-7,10,19H2,1H3. The Balaban J connectivity index is 2.10. The van der Waals surface area contributed by atoms with Crippen molar-refractivity contribution in [2.75, 3.05) is 13.7 Å². The van der Waals surface area contributed by atoms with Crippen molar-refractivity contribution in [2.45, 2.75) is 13.0 Å². The van der Waals surface area contributed by atoms with E-state index < -0.39 is 0 Å². The first kappa shape index (κ1) is 16.3. The minimum absolute atomic E-state index is 0.502. The third-order valence-electron chi connectivity index (χ3n) is 3.05. The number of halogens is 2. The largest absolute Gasteiger partial charge is 0.496 e. The Morgan fingerprint density at radius 1 is 1.05 bits per heavy atom. The number of ether oxygens (including phenoxy) is 2. The molecule has 0 saturated carbocycles. The number of hydrogen-bond acceptors (Lipinski definition) is 3. The minimum Gasteiger partial charge on any atom is -0.496 e. The average molecular weight is 415 g/mol. The highest BCUT2D eigenvalue weighted by Gasteiger charge is 2.06. The van der Waals surface area contributed by atoms with Gasteiger partial charge in [0.2, 0.25) is 0 Å². The summed E-state index contributed by atoms with van der Waals surface area (Å²) in [5.74, 6) is 1.68. The average Bonchev–Trinajstić information content (AvgIpc) is 2.47. The van der Waals surface area contributed by atoms with Crippen LogP contribution >= 0.6 is 31.9 Å². The Morgan fingerprint density at radius 3 is 2.48 bits per heavy atom. The van der Waals surface area contributed by atoms with Gasteiger partial charge in [-0.25, -0.2) is 0 Å². The van der Waals surface area contributed by atoms with Gasteiger partial charge in [0.15, 0.2) is 0 Å². The molecule has 5 heteroatoms. The fourth-order valence-electron chi connectivity index (χ4n) is 2.00. The Hall–Kier alpha value is -1.04. The molecule has 0 amide bonds. The molecule has 0 aromatic heterocycles. The van der Waals surface area contributed by atoms with E-state index in [2.05, 4.69) is 31.9 Å². The molecule has 2 rings (SSSR count). The minimum atomic E-state index is 0.502. The Labute approximate surface area is 141 Å². The van der Waals surface area contributed by atoms with Crippen molar-refractivity contribution in [1.29, 1.82) is 0 Å². The third kappa shape index (κ3) is 4.46. The molecular weight excluding hydrogens is 398 g/mol. The summed E-state index contributed by atoms with van der Waals surface area (Å²) in [6.45, 7) is 1.10. The van der Waals surface area contributed by atoms with E-state index in [0.717, 1.165) is 38.0 Å². The smallest absolute Gasteiger partial charge is 0.133 e. The summed E-state index contributed by atoms with van der Waals surface area (Å²) in [5, 5.41) is 0. The predicted molar refractivity (Wildman–Crippen MR) is 91.9 cm³/mol. The number of nitrogens with two attached hydrogens (primary N) is 1. The molecule has 0 bridgehead atoms. The fraction of sp³-hybridized carbons (Fsp3) is 0.250. The second kappa shape index (κ2) is 7.82. The molecule has 2 aromatic carbocycles. The summed E-state index contributed by atoms with van der Waals surface area (Å²) in [7, 11) is 1.65. The zero-order chi connectivity index (χ0) is 15.2. The van der Waals surface area contributed by atoms with Crippen molar-refractivity contribution in [1.82, 2.24) is 0 Å². The van der Waals surface area contributed by atoms with Crippen LogP contribution in [0.2, 0.25) is 0 Å². The molecule has 0 saturated heterocycles. The van der Waals surface area contributed by atoms with Gasteiger partial charge in [0.05, 0.1) is 11.6 Å². The Morgan fingerprint density at radius 2 is 1.81 bits per heavy atom. The normalized spacial score (nSPS) is 10.5. The summed E-state index contributed by atoms with van der Waals surface area (Å²) in [6, 6.07) is 11.9. The maximum absolute atomic E-state index is 5.92. The van der Waals surface area contributed by atoms with Crippen LogP contribution in [-0.2, 0) is 13.0 Å². The quantitative estimate of drug-likeness (QED) is 0.766. The summed E-state index contributed by atoms with van der Waals surface area (Å²) in [5.41, 5.74) is 7.83. The van der Waals surface area contributed by atoms with E-state index in [9.17, 15) is 0 Å². The van der Waals surface area contributed by atoms with E-state index in [1.54, 1.807) is 7.11 Å². The molecule has 2 aromatic rings. The Bertz CT molecular complexity index is 617. The van der Waals surface area contributed by atoms with E-state index in [0.29, 0.717) is 13.2 Å². The van der Waals surface area contributed by atoms with Crippen LogP contribution < -0.4 is 15.2 Å². The van der Waals surface area contributed by atoms with Gasteiger partial charge in [-0.2, -0.15) is 0 Å². The van der Waals surface area contributed by atoms with Crippen LogP contribution in [0.3, 0.4) is 0 Å². The zero-order valence-corrected chi connectivity index (χ0v) is 14.9. The van der Waals surface area contributed by atoms with Gasteiger partial charge in [0.1, 0.15) is 18.1 Å². The molecule has 0 unspecified atom stereocenters. The molecule has 0 aliphatic heterocycles. The van der Waals surface area contributed by atoms with Crippen molar-refractivity contribution in [3.05, 3.63) is 56.5 Å². The van der Waals surface area contributed by atoms with Crippen molar-refractivity contribution >= 4 is 31.9 Å². The van der Waals surface area contributed by atoms with Crippen LogP contribution in [0.4, 0.5) is 0 Å². The van der Waals surface area contributed by atoms with E-state index in [-0.39, 0.29) is 0 Å². The Kier molecular flexibility index (Phi) is 6.08. The molecule has 0 heterocycles. The molecule has 0 fully saturated rings. The highest BCUT2D eigenvalue weighted by molar-refractivity contribution is 9.10. The van der Waals surface area contributed by atoms with Gasteiger partial charge in [-0.3, -0.25) is 0 Å². The fourth-order valence-corrected chi connectivity index (χ4v) is 3.00. The summed E-state index contributed by atoms with van der Waals surface area (Å²) < 4.78 is 13.1. The SMILES string of the molecule is COc1ccc(COc2ccc(Br)cc2CCN)cc1Br. The van der Waals surface area contributed by atoms with Gasteiger partial charge in [-0.15, -0.1) is 0 Å². The van der Waals surface area contributed by atoms with E-state index in [1.807, 2.05) is 36.4 Å². The number of methoxy groups -OCH3 is 1. The molecule has 0 aliphatic rings. The number of rotatable bonds is 6. The summed E-state index contributed by atoms with van der Waals surface area (Å²) in [6.07, 6.45) is 0.793. The molecule has 0 radical (unpaired) electrons. The van der Waals surface area contributed by atoms with Crippen molar-refractivity contribution in [3.63, 3.8) is 0 Å². The summed E-state index contributed by atoms with van der Waals surface area (Å²) in [4.78, 5) is 0. The molecule has 112 valence electrons. The predicted octanol–water partition coefficient (Wildman–Crippen LogP) is 4.30. The van der Waals surface area contributed by atoms with E-state index >= 15 is 0 Å².